The summed E-state index contributed by atoms with van der Waals surface area (Å²) in [6.45, 7) is 0.347. The number of nitrogens with two attached hydrogens (primary N) is 1. The van der Waals surface area contributed by atoms with Gasteiger partial charge in [-0.25, -0.2) is 13.8 Å². The van der Waals surface area contributed by atoms with E-state index in [1.807, 2.05) is 0 Å². The first-order chi connectivity index (χ1) is 13.0. The maximum absolute atomic E-state index is 14.2. The molecular formula is C19H15ClF2N2O3. The van der Waals surface area contributed by atoms with Crippen LogP contribution in [0.25, 0.3) is 16.9 Å². The number of hydrogen-bond acceptors (Lipinski definition) is 4. The number of hydrogen-bond donors (Lipinski definition) is 1. The van der Waals surface area contributed by atoms with E-state index >= 15 is 0 Å². The molecule has 3 rings (SSSR count). The van der Waals surface area contributed by atoms with E-state index in [1.54, 1.807) is 24.3 Å². The summed E-state index contributed by atoms with van der Waals surface area (Å²) >= 11 is 5.57. The molecular weight excluding hydrogens is 378 g/mol. The Morgan fingerprint density at radius 2 is 2.04 bits per heavy atom. The minimum absolute atomic E-state index is 0.0688. The lowest BCUT2D eigenvalue weighted by Crippen LogP contribution is -2.12. The highest BCUT2D eigenvalue weighted by atomic mass is 35.5. The van der Waals surface area contributed by atoms with Crippen molar-refractivity contribution in [2.75, 3.05) is 12.5 Å². The van der Waals surface area contributed by atoms with Gasteiger partial charge in [0.25, 0.3) is 5.91 Å². The Labute approximate surface area is 158 Å². The Balaban J connectivity index is 2.00. The Morgan fingerprint density at radius 1 is 1.30 bits per heavy atom. The van der Waals surface area contributed by atoms with Gasteiger partial charge in [-0.2, -0.15) is 0 Å². The molecule has 1 heterocycles. The smallest absolute Gasteiger partial charge is 0.271 e. The SMILES string of the molecule is NC(=O)c1nc(C2=C(F)C=CC=C(F)C2)oc1-c1ccc(OCCCl)cc1. The van der Waals surface area contributed by atoms with Crippen LogP contribution in [0.4, 0.5) is 8.78 Å². The maximum Gasteiger partial charge on any atom is 0.271 e. The van der Waals surface area contributed by atoms with Gasteiger partial charge in [-0.3, -0.25) is 4.79 Å². The fourth-order valence-electron chi connectivity index (χ4n) is 2.50. The Hall–Kier alpha value is -2.93. The van der Waals surface area contributed by atoms with Crippen LogP contribution in [0.3, 0.4) is 0 Å². The van der Waals surface area contributed by atoms with Crippen LogP contribution in [0.15, 0.2) is 58.6 Å². The van der Waals surface area contributed by atoms with E-state index < -0.39 is 17.6 Å². The van der Waals surface area contributed by atoms with E-state index in [0.717, 1.165) is 12.2 Å². The van der Waals surface area contributed by atoms with E-state index in [4.69, 9.17) is 26.5 Å². The van der Waals surface area contributed by atoms with Crippen LogP contribution in [0.5, 0.6) is 5.75 Å². The number of aromatic nitrogens is 1. The normalized spacial score (nSPS) is 14.1. The van der Waals surface area contributed by atoms with Crippen LogP contribution in [0, 0.1) is 0 Å². The van der Waals surface area contributed by atoms with Crippen molar-refractivity contribution in [1.29, 1.82) is 0 Å². The largest absolute Gasteiger partial charge is 0.492 e. The number of alkyl halides is 1. The van der Waals surface area contributed by atoms with Crippen LogP contribution in [0.1, 0.15) is 22.8 Å². The third kappa shape index (κ3) is 4.25. The molecule has 0 atom stereocenters. The molecule has 5 nitrogen and oxygen atoms in total. The number of oxazole rings is 1. The number of nitrogens with zero attached hydrogens (tertiary/aromatic N) is 1. The molecule has 0 bridgehead atoms. The van der Waals surface area contributed by atoms with Crippen molar-refractivity contribution >= 4 is 23.1 Å². The van der Waals surface area contributed by atoms with Gasteiger partial charge in [0.1, 0.15) is 24.0 Å². The van der Waals surface area contributed by atoms with Crippen LogP contribution in [0.2, 0.25) is 0 Å². The first kappa shape index (κ1) is 18.8. The summed E-state index contributed by atoms with van der Waals surface area (Å²) < 4.78 is 38.9. The van der Waals surface area contributed by atoms with Crippen LogP contribution < -0.4 is 10.5 Å². The minimum Gasteiger partial charge on any atom is -0.492 e. The number of carbonyl (C=O) groups is 1. The molecule has 0 fully saturated rings. The molecule has 0 saturated heterocycles. The molecule has 1 aliphatic rings. The molecule has 0 radical (unpaired) electrons. The first-order valence-corrected chi connectivity index (χ1v) is 8.54. The fourth-order valence-corrected chi connectivity index (χ4v) is 2.58. The third-order valence-electron chi connectivity index (χ3n) is 3.73. The summed E-state index contributed by atoms with van der Waals surface area (Å²) in [5.41, 5.74) is 5.59. The van der Waals surface area contributed by atoms with Gasteiger partial charge in [-0.15, -0.1) is 11.6 Å². The lowest BCUT2D eigenvalue weighted by molar-refractivity contribution is 0.0996. The van der Waals surface area contributed by atoms with Gasteiger partial charge >= 0.3 is 0 Å². The molecule has 2 N–H and O–H groups in total. The van der Waals surface area contributed by atoms with Crippen molar-refractivity contribution in [2.24, 2.45) is 5.73 Å². The quantitative estimate of drug-likeness (QED) is 0.731. The molecule has 8 heteroatoms. The highest BCUT2D eigenvalue weighted by Gasteiger charge is 2.24. The van der Waals surface area contributed by atoms with Crippen molar-refractivity contribution in [3.05, 3.63) is 65.7 Å². The van der Waals surface area contributed by atoms with Gasteiger partial charge < -0.3 is 14.9 Å². The standard InChI is InChI=1S/C19H15ClF2N2O3/c20-8-9-26-13-6-4-11(5-7-13)17-16(18(23)25)24-19(27-17)14-10-12(21)2-1-3-15(14)22/h1-7H,8-10H2,(H2,23,25). The lowest BCUT2D eigenvalue weighted by Gasteiger charge is -2.05. The summed E-state index contributed by atoms with van der Waals surface area (Å²) in [5, 5.41) is 0. The fraction of sp³-hybridized carbons (Fsp3) is 0.158. The topological polar surface area (TPSA) is 78.4 Å². The van der Waals surface area contributed by atoms with Crippen molar-refractivity contribution in [3.8, 4) is 17.1 Å². The highest BCUT2D eigenvalue weighted by molar-refractivity contribution is 6.18. The average Bonchev–Trinajstić information content (AvgIpc) is 3.02. The second-order valence-electron chi connectivity index (χ2n) is 5.60. The molecule has 1 aliphatic carbocycles. The molecule has 140 valence electrons. The average molecular weight is 393 g/mol. The number of amides is 1. The number of ether oxygens (including phenoxy) is 1. The summed E-state index contributed by atoms with van der Waals surface area (Å²) in [5.74, 6) is -1.31. The predicted octanol–water partition coefficient (Wildman–Crippen LogP) is 4.55. The molecule has 0 spiro atoms. The summed E-state index contributed by atoms with van der Waals surface area (Å²) in [4.78, 5) is 15.8. The Morgan fingerprint density at radius 3 is 2.70 bits per heavy atom. The zero-order chi connectivity index (χ0) is 19.4. The van der Waals surface area contributed by atoms with Gasteiger partial charge in [0.15, 0.2) is 11.5 Å². The van der Waals surface area contributed by atoms with Gasteiger partial charge in [-0.1, -0.05) is 6.08 Å². The zero-order valence-corrected chi connectivity index (χ0v) is 14.8. The van der Waals surface area contributed by atoms with E-state index in [9.17, 15) is 13.6 Å². The lowest BCUT2D eigenvalue weighted by atomic mass is 10.1. The Bertz CT molecular complexity index is 946. The molecule has 27 heavy (non-hydrogen) atoms. The van der Waals surface area contributed by atoms with Crippen LogP contribution in [-0.4, -0.2) is 23.4 Å². The van der Waals surface area contributed by atoms with E-state index in [1.165, 1.54) is 6.08 Å². The number of carbonyl (C=O) groups excluding carboxylic acids is 1. The van der Waals surface area contributed by atoms with Gasteiger partial charge in [0, 0.05) is 12.0 Å². The highest BCUT2D eigenvalue weighted by Crippen LogP contribution is 2.34. The molecule has 1 aromatic heterocycles. The van der Waals surface area contributed by atoms with E-state index in [2.05, 4.69) is 4.98 Å². The minimum atomic E-state index is -0.844. The first-order valence-electron chi connectivity index (χ1n) is 8.01. The number of primary amides is 1. The van der Waals surface area contributed by atoms with Gasteiger partial charge in [-0.05, 0) is 36.4 Å². The molecule has 0 aliphatic heterocycles. The molecule has 2 aromatic rings. The number of halogens is 3. The Kier molecular flexibility index (Phi) is 5.71. The molecule has 0 saturated carbocycles. The van der Waals surface area contributed by atoms with Gasteiger partial charge in [0.2, 0.25) is 5.89 Å². The summed E-state index contributed by atoms with van der Waals surface area (Å²) in [6.07, 6.45) is 3.14. The van der Waals surface area contributed by atoms with Crippen molar-refractivity contribution in [3.63, 3.8) is 0 Å². The molecule has 1 amide bonds. The second kappa shape index (κ2) is 8.18. The van der Waals surface area contributed by atoms with Crippen molar-refractivity contribution in [2.45, 2.75) is 6.42 Å². The summed E-state index contributed by atoms with van der Waals surface area (Å²) in [7, 11) is 0. The van der Waals surface area contributed by atoms with Crippen molar-refractivity contribution in [1.82, 2.24) is 4.98 Å². The maximum atomic E-state index is 14.2. The van der Waals surface area contributed by atoms with Gasteiger partial charge in [0.05, 0.1) is 11.5 Å². The number of allylic oxidation sites excluding steroid dienone is 6. The monoisotopic (exact) mass is 392 g/mol. The van der Waals surface area contributed by atoms with Crippen LogP contribution in [-0.2, 0) is 0 Å². The third-order valence-corrected chi connectivity index (χ3v) is 3.89. The molecule has 0 unspecified atom stereocenters. The van der Waals surface area contributed by atoms with E-state index in [0.29, 0.717) is 23.8 Å². The van der Waals surface area contributed by atoms with Crippen molar-refractivity contribution < 1.29 is 22.7 Å². The second-order valence-corrected chi connectivity index (χ2v) is 5.98. The van der Waals surface area contributed by atoms with Crippen LogP contribution >= 0.6 is 11.6 Å². The number of rotatable bonds is 6. The molecule has 1 aromatic carbocycles. The van der Waals surface area contributed by atoms with E-state index in [-0.39, 0.29) is 29.3 Å². The number of benzene rings is 1. The predicted molar refractivity (Wildman–Crippen MR) is 97.6 cm³/mol. The summed E-state index contributed by atoms with van der Waals surface area (Å²) in [6, 6.07) is 6.59. The zero-order valence-electron chi connectivity index (χ0n) is 14.0.